The molecule has 0 fully saturated rings. The van der Waals surface area contributed by atoms with E-state index < -0.39 is 0 Å². The Kier molecular flexibility index (Phi) is 3.45. The van der Waals surface area contributed by atoms with Crippen molar-refractivity contribution in [3.05, 3.63) is 59.7 Å². The molecule has 0 saturated heterocycles. The first-order valence-corrected chi connectivity index (χ1v) is 5.74. The van der Waals surface area contributed by atoms with Gasteiger partial charge in [-0.1, -0.05) is 29.8 Å². The standard InChI is InChI=1S/C15H17O/c1-3-16-15-9-5-8-14(11-15)13-7-4-6-12(2)10-13/h4,6-11H,3,5H2,1-2H3. The van der Waals surface area contributed by atoms with E-state index in [-0.39, 0.29) is 0 Å². The minimum absolute atomic E-state index is 0.726. The van der Waals surface area contributed by atoms with E-state index in [1.165, 1.54) is 16.7 Å². The van der Waals surface area contributed by atoms with Crippen molar-refractivity contribution >= 4 is 5.57 Å². The highest BCUT2D eigenvalue weighted by Gasteiger charge is 2.08. The SMILES string of the molecule is CCOC1=CC[CH]C(c2cccc(C)c2)=C1. The fraction of sp³-hybridized carbons (Fsp3) is 0.267. The van der Waals surface area contributed by atoms with Gasteiger partial charge in [-0.3, -0.25) is 0 Å². The Hall–Kier alpha value is -1.50. The molecule has 1 nitrogen and oxygen atoms in total. The maximum absolute atomic E-state index is 5.53. The van der Waals surface area contributed by atoms with Crippen molar-refractivity contribution in [1.29, 1.82) is 0 Å². The normalized spacial score (nSPS) is 15.4. The third kappa shape index (κ3) is 2.54. The fourth-order valence-corrected chi connectivity index (χ4v) is 1.87. The van der Waals surface area contributed by atoms with E-state index in [0.717, 1.165) is 18.8 Å². The highest BCUT2D eigenvalue weighted by Crippen LogP contribution is 2.26. The highest BCUT2D eigenvalue weighted by molar-refractivity contribution is 5.75. The van der Waals surface area contributed by atoms with Gasteiger partial charge >= 0.3 is 0 Å². The summed E-state index contributed by atoms with van der Waals surface area (Å²) >= 11 is 0. The minimum Gasteiger partial charge on any atom is -0.494 e. The van der Waals surface area contributed by atoms with Gasteiger partial charge in [-0.15, -0.1) is 0 Å². The van der Waals surface area contributed by atoms with Gasteiger partial charge in [0, 0.05) is 0 Å². The second kappa shape index (κ2) is 5.02. The van der Waals surface area contributed by atoms with Crippen LogP contribution in [0.4, 0.5) is 0 Å². The van der Waals surface area contributed by atoms with Gasteiger partial charge in [0.2, 0.25) is 0 Å². The highest BCUT2D eigenvalue weighted by atomic mass is 16.5. The van der Waals surface area contributed by atoms with Crippen LogP contribution in [-0.4, -0.2) is 6.61 Å². The molecule has 83 valence electrons. The number of rotatable bonds is 3. The van der Waals surface area contributed by atoms with Crippen LogP contribution in [0.5, 0.6) is 0 Å². The molecule has 0 aromatic heterocycles. The van der Waals surface area contributed by atoms with E-state index in [4.69, 9.17) is 4.74 Å². The number of hydrogen-bond donors (Lipinski definition) is 0. The first kappa shape index (κ1) is 11.0. The third-order valence-electron chi connectivity index (χ3n) is 2.62. The van der Waals surface area contributed by atoms with Crippen LogP contribution >= 0.6 is 0 Å². The Morgan fingerprint density at radius 3 is 2.94 bits per heavy atom. The topological polar surface area (TPSA) is 9.23 Å². The number of ether oxygens (including phenoxy) is 1. The zero-order chi connectivity index (χ0) is 11.4. The van der Waals surface area contributed by atoms with Gasteiger partial charge in [0.25, 0.3) is 0 Å². The molecule has 0 bridgehead atoms. The van der Waals surface area contributed by atoms with Crippen LogP contribution in [0, 0.1) is 13.3 Å². The molecule has 0 N–H and O–H groups in total. The van der Waals surface area contributed by atoms with Crippen molar-refractivity contribution < 1.29 is 4.74 Å². The summed E-state index contributed by atoms with van der Waals surface area (Å²) in [4.78, 5) is 0. The lowest BCUT2D eigenvalue weighted by Crippen LogP contribution is -1.97. The quantitative estimate of drug-likeness (QED) is 0.739. The molecule has 1 aromatic rings. The molecule has 1 radical (unpaired) electrons. The van der Waals surface area contributed by atoms with E-state index in [1.807, 2.05) is 6.92 Å². The molecule has 0 aliphatic heterocycles. The molecule has 0 amide bonds. The van der Waals surface area contributed by atoms with Crippen molar-refractivity contribution in [2.45, 2.75) is 20.3 Å². The lowest BCUT2D eigenvalue weighted by molar-refractivity contribution is 0.241. The average molecular weight is 213 g/mol. The molecule has 1 aliphatic carbocycles. The zero-order valence-corrected chi connectivity index (χ0v) is 9.86. The Morgan fingerprint density at radius 1 is 1.31 bits per heavy atom. The third-order valence-corrected chi connectivity index (χ3v) is 2.62. The lowest BCUT2D eigenvalue weighted by atomic mass is 9.95. The van der Waals surface area contributed by atoms with Crippen molar-refractivity contribution in [2.24, 2.45) is 0 Å². The second-order valence-corrected chi connectivity index (χ2v) is 3.95. The van der Waals surface area contributed by atoms with Gasteiger partial charge < -0.3 is 4.74 Å². The van der Waals surface area contributed by atoms with Crippen LogP contribution in [-0.2, 0) is 4.74 Å². The van der Waals surface area contributed by atoms with Gasteiger partial charge in [-0.25, -0.2) is 0 Å². The van der Waals surface area contributed by atoms with Crippen molar-refractivity contribution in [2.75, 3.05) is 6.61 Å². The van der Waals surface area contributed by atoms with Gasteiger partial charge in [-0.05, 0) is 50.0 Å². The zero-order valence-electron chi connectivity index (χ0n) is 9.86. The molecular weight excluding hydrogens is 196 g/mol. The summed E-state index contributed by atoms with van der Waals surface area (Å²) < 4.78 is 5.53. The van der Waals surface area contributed by atoms with Crippen LogP contribution in [0.3, 0.4) is 0 Å². The summed E-state index contributed by atoms with van der Waals surface area (Å²) in [6, 6.07) is 8.56. The van der Waals surface area contributed by atoms with E-state index in [1.54, 1.807) is 0 Å². The molecule has 1 heteroatoms. The summed E-state index contributed by atoms with van der Waals surface area (Å²) in [5.41, 5.74) is 3.82. The Balaban J connectivity index is 2.24. The minimum atomic E-state index is 0.726. The monoisotopic (exact) mass is 213 g/mol. The van der Waals surface area contributed by atoms with E-state index in [2.05, 4.69) is 49.8 Å². The molecule has 1 aliphatic rings. The van der Waals surface area contributed by atoms with E-state index in [0.29, 0.717) is 0 Å². The molecule has 16 heavy (non-hydrogen) atoms. The summed E-state index contributed by atoms with van der Waals surface area (Å²) in [5, 5.41) is 0. The number of allylic oxidation sites excluding steroid dienone is 3. The smallest absolute Gasteiger partial charge is 0.115 e. The van der Waals surface area contributed by atoms with E-state index >= 15 is 0 Å². The Bertz CT molecular complexity index is 427. The number of aryl methyl sites for hydroxylation is 1. The summed E-state index contributed by atoms with van der Waals surface area (Å²) in [5.74, 6) is 0.988. The summed E-state index contributed by atoms with van der Waals surface area (Å²) in [6.45, 7) is 4.86. The molecular formula is C15H17O. The van der Waals surface area contributed by atoms with Crippen molar-refractivity contribution in [3.8, 4) is 0 Å². The molecule has 0 heterocycles. The van der Waals surface area contributed by atoms with Gasteiger partial charge in [0.05, 0.1) is 6.61 Å². The van der Waals surface area contributed by atoms with E-state index in [9.17, 15) is 0 Å². The molecule has 0 atom stereocenters. The van der Waals surface area contributed by atoms with Crippen LogP contribution in [0.25, 0.3) is 5.57 Å². The predicted octanol–water partition coefficient (Wildman–Crippen LogP) is 3.91. The molecule has 0 spiro atoms. The largest absolute Gasteiger partial charge is 0.494 e. The van der Waals surface area contributed by atoms with Gasteiger partial charge in [0.1, 0.15) is 5.76 Å². The maximum Gasteiger partial charge on any atom is 0.115 e. The fourth-order valence-electron chi connectivity index (χ4n) is 1.87. The van der Waals surface area contributed by atoms with Crippen LogP contribution in [0.1, 0.15) is 24.5 Å². The van der Waals surface area contributed by atoms with Gasteiger partial charge in [0.15, 0.2) is 0 Å². The Morgan fingerprint density at radius 2 is 2.19 bits per heavy atom. The Labute approximate surface area is 97.4 Å². The predicted molar refractivity (Wildman–Crippen MR) is 67.8 cm³/mol. The molecule has 0 saturated carbocycles. The molecule has 2 rings (SSSR count). The maximum atomic E-state index is 5.53. The van der Waals surface area contributed by atoms with Crippen molar-refractivity contribution in [1.82, 2.24) is 0 Å². The van der Waals surface area contributed by atoms with Crippen LogP contribution < -0.4 is 0 Å². The van der Waals surface area contributed by atoms with Gasteiger partial charge in [-0.2, -0.15) is 0 Å². The molecule has 0 unspecified atom stereocenters. The second-order valence-electron chi connectivity index (χ2n) is 3.95. The number of benzene rings is 1. The lowest BCUT2D eigenvalue weighted by Gasteiger charge is -2.14. The first-order chi connectivity index (χ1) is 7.79. The number of hydrogen-bond acceptors (Lipinski definition) is 1. The molecule has 1 aromatic carbocycles. The first-order valence-electron chi connectivity index (χ1n) is 5.74. The van der Waals surface area contributed by atoms with Crippen LogP contribution in [0.15, 0.2) is 42.2 Å². The summed E-state index contributed by atoms with van der Waals surface area (Å²) in [6.07, 6.45) is 7.41. The van der Waals surface area contributed by atoms with Crippen LogP contribution in [0.2, 0.25) is 0 Å². The average Bonchev–Trinajstić information content (AvgIpc) is 2.30. The summed E-state index contributed by atoms with van der Waals surface area (Å²) in [7, 11) is 0. The van der Waals surface area contributed by atoms with Crippen molar-refractivity contribution in [3.63, 3.8) is 0 Å².